The normalized spacial score (nSPS) is 11.4. The Morgan fingerprint density at radius 3 is 2.54 bits per heavy atom. The van der Waals surface area contributed by atoms with Crippen molar-refractivity contribution in [2.24, 2.45) is 0 Å². The van der Waals surface area contributed by atoms with Crippen LogP contribution >= 0.6 is 0 Å². The second-order valence-electron chi connectivity index (χ2n) is 5.43. The minimum absolute atomic E-state index is 0.173. The summed E-state index contributed by atoms with van der Waals surface area (Å²) in [5.74, 6) is -0.328. The molecule has 0 saturated carbocycles. The highest BCUT2D eigenvalue weighted by Gasteiger charge is 2.12. The number of rotatable bonds is 5. The van der Waals surface area contributed by atoms with Gasteiger partial charge in [-0.05, 0) is 30.3 Å². The Bertz CT molecular complexity index is 960. The van der Waals surface area contributed by atoms with Crippen LogP contribution in [0.1, 0.15) is 10.6 Å². The summed E-state index contributed by atoms with van der Waals surface area (Å²) < 4.78 is 27.9. The highest BCUT2D eigenvalue weighted by Crippen LogP contribution is 2.21. The molecule has 0 bridgehead atoms. The minimum atomic E-state index is -3.13. The van der Waals surface area contributed by atoms with Crippen LogP contribution in [0.3, 0.4) is 0 Å². The third kappa shape index (κ3) is 3.94. The molecule has 2 aromatic carbocycles. The first-order valence-corrected chi connectivity index (χ1v) is 9.28. The van der Waals surface area contributed by atoms with Crippen LogP contribution in [-0.4, -0.2) is 26.5 Å². The first-order valence-electron chi connectivity index (χ1n) is 7.22. The molecule has 1 heterocycles. The molecule has 0 spiro atoms. The number of para-hydroxylation sites is 1. The molecule has 0 aliphatic heterocycles. The lowest BCUT2D eigenvalue weighted by Gasteiger charge is -2.08. The molecule has 7 heteroatoms. The predicted octanol–water partition coefficient (Wildman–Crippen LogP) is 3.10. The van der Waals surface area contributed by atoms with Gasteiger partial charge in [0.2, 0.25) is 0 Å². The average molecular weight is 344 g/mol. The number of hydrogen-bond donors (Lipinski definition) is 2. The maximum Gasteiger partial charge on any atom is 0.291 e. The van der Waals surface area contributed by atoms with Crippen LogP contribution in [0.5, 0.6) is 0 Å². The van der Waals surface area contributed by atoms with Gasteiger partial charge >= 0.3 is 0 Å². The zero-order chi connectivity index (χ0) is 17.2. The van der Waals surface area contributed by atoms with Gasteiger partial charge in [0, 0.05) is 23.0 Å². The predicted molar refractivity (Wildman–Crippen MR) is 93.9 cm³/mol. The van der Waals surface area contributed by atoms with Crippen molar-refractivity contribution in [3.63, 3.8) is 0 Å². The van der Waals surface area contributed by atoms with E-state index >= 15 is 0 Å². The number of nitrogens with one attached hydrogen (secondary N) is 2. The summed E-state index contributed by atoms with van der Waals surface area (Å²) in [6.07, 6.45) is 1.15. The zero-order valence-electron chi connectivity index (χ0n) is 12.9. The molecule has 1 aromatic heterocycles. The van der Waals surface area contributed by atoms with Crippen LogP contribution in [0.15, 0.2) is 59.0 Å². The van der Waals surface area contributed by atoms with E-state index in [9.17, 15) is 13.2 Å². The third-order valence-electron chi connectivity index (χ3n) is 3.31. The fourth-order valence-electron chi connectivity index (χ4n) is 2.21. The summed E-state index contributed by atoms with van der Waals surface area (Å²) in [7, 11) is -3.13. The number of carbonyl (C=O) groups is 1. The molecule has 1 amide bonds. The van der Waals surface area contributed by atoms with Crippen molar-refractivity contribution >= 4 is 38.1 Å². The lowest BCUT2D eigenvalue weighted by atomic mass is 10.2. The lowest BCUT2D eigenvalue weighted by Crippen LogP contribution is -2.13. The Morgan fingerprint density at radius 2 is 1.79 bits per heavy atom. The van der Waals surface area contributed by atoms with Gasteiger partial charge in [0.15, 0.2) is 15.6 Å². The Labute approximate surface area is 139 Å². The van der Waals surface area contributed by atoms with Crippen molar-refractivity contribution in [3.05, 3.63) is 60.4 Å². The number of benzene rings is 2. The quantitative estimate of drug-likeness (QED) is 0.742. The van der Waals surface area contributed by atoms with E-state index in [2.05, 4.69) is 10.6 Å². The van der Waals surface area contributed by atoms with Gasteiger partial charge in [-0.25, -0.2) is 8.42 Å². The van der Waals surface area contributed by atoms with Crippen LogP contribution in [0.2, 0.25) is 0 Å². The average Bonchev–Trinajstić information content (AvgIpc) is 2.97. The molecule has 0 radical (unpaired) electrons. The molecule has 124 valence electrons. The zero-order valence-corrected chi connectivity index (χ0v) is 13.8. The standard InChI is InChI=1S/C17H16N2O4S/c1-24(21,22)11-18-13-6-4-7-14(10-13)19-17(20)16-9-12-5-2-3-8-15(12)23-16/h2-10,18H,11H2,1H3,(H,19,20). The summed E-state index contributed by atoms with van der Waals surface area (Å²) >= 11 is 0. The Morgan fingerprint density at radius 1 is 1.04 bits per heavy atom. The molecule has 0 aliphatic carbocycles. The van der Waals surface area contributed by atoms with Crippen molar-refractivity contribution < 1.29 is 17.6 Å². The second kappa shape index (κ2) is 6.37. The van der Waals surface area contributed by atoms with Crippen molar-refractivity contribution in [3.8, 4) is 0 Å². The summed E-state index contributed by atoms with van der Waals surface area (Å²) in [6, 6.07) is 15.9. The maximum absolute atomic E-state index is 12.3. The van der Waals surface area contributed by atoms with Gasteiger partial charge in [0.25, 0.3) is 5.91 Å². The van der Waals surface area contributed by atoms with E-state index in [4.69, 9.17) is 4.42 Å². The van der Waals surface area contributed by atoms with E-state index < -0.39 is 9.84 Å². The van der Waals surface area contributed by atoms with Gasteiger partial charge in [0.05, 0.1) is 0 Å². The first-order chi connectivity index (χ1) is 11.4. The highest BCUT2D eigenvalue weighted by molar-refractivity contribution is 7.90. The van der Waals surface area contributed by atoms with Gasteiger partial charge in [-0.1, -0.05) is 24.3 Å². The van der Waals surface area contributed by atoms with Gasteiger partial charge in [-0.3, -0.25) is 4.79 Å². The van der Waals surface area contributed by atoms with Gasteiger partial charge in [-0.15, -0.1) is 0 Å². The summed E-state index contributed by atoms with van der Waals surface area (Å²) in [5, 5.41) is 6.38. The molecule has 24 heavy (non-hydrogen) atoms. The van der Waals surface area contributed by atoms with Crippen LogP contribution in [0, 0.1) is 0 Å². The van der Waals surface area contributed by atoms with E-state index in [-0.39, 0.29) is 17.5 Å². The van der Waals surface area contributed by atoms with Crippen LogP contribution in [0.25, 0.3) is 11.0 Å². The van der Waals surface area contributed by atoms with E-state index in [1.165, 1.54) is 0 Å². The van der Waals surface area contributed by atoms with Crippen LogP contribution < -0.4 is 10.6 Å². The largest absolute Gasteiger partial charge is 0.451 e. The molecule has 6 nitrogen and oxygen atoms in total. The minimum Gasteiger partial charge on any atom is -0.451 e. The van der Waals surface area contributed by atoms with Crippen LogP contribution in [-0.2, 0) is 9.84 Å². The smallest absolute Gasteiger partial charge is 0.291 e. The fraction of sp³-hybridized carbons (Fsp3) is 0.118. The van der Waals surface area contributed by atoms with Gasteiger partial charge in [0.1, 0.15) is 11.5 Å². The molecular weight excluding hydrogens is 328 g/mol. The number of furan rings is 1. The molecule has 3 rings (SSSR count). The monoisotopic (exact) mass is 344 g/mol. The Balaban J connectivity index is 1.74. The van der Waals surface area contributed by atoms with Crippen molar-refractivity contribution in [1.29, 1.82) is 0 Å². The molecule has 0 atom stereocenters. The van der Waals surface area contributed by atoms with E-state index in [1.807, 2.05) is 18.2 Å². The molecular formula is C17H16N2O4S. The van der Waals surface area contributed by atoms with Crippen molar-refractivity contribution in [1.82, 2.24) is 0 Å². The number of sulfone groups is 1. The molecule has 0 fully saturated rings. The number of fused-ring (bicyclic) bond motifs is 1. The van der Waals surface area contributed by atoms with Crippen molar-refractivity contribution in [2.75, 3.05) is 22.8 Å². The molecule has 0 aliphatic rings. The molecule has 0 saturated heterocycles. The summed E-state index contributed by atoms with van der Waals surface area (Å²) in [5.41, 5.74) is 1.79. The lowest BCUT2D eigenvalue weighted by molar-refractivity contribution is 0.0998. The van der Waals surface area contributed by atoms with E-state index in [1.54, 1.807) is 36.4 Å². The SMILES string of the molecule is CS(=O)(=O)CNc1cccc(NC(=O)c2cc3ccccc3o2)c1. The molecule has 3 aromatic rings. The summed E-state index contributed by atoms with van der Waals surface area (Å²) in [6.45, 7) is 0. The fourth-order valence-corrected chi connectivity index (χ4v) is 2.64. The Kier molecular flexibility index (Phi) is 4.26. The number of anilines is 2. The maximum atomic E-state index is 12.3. The number of carbonyl (C=O) groups excluding carboxylic acids is 1. The topological polar surface area (TPSA) is 88.4 Å². The van der Waals surface area contributed by atoms with Crippen LogP contribution in [0.4, 0.5) is 11.4 Å². The van der Waals surface area contributed by atoms with E-state index in [0.29, 0.717) is 17.0 Å². The number of hydrogen-bond acceptors (Lipinski definition) is 5. The highest BCUT2D eigenvalue weighted by atomic mass is 32.2. The third-order valence-corrected chi connectivity index (χ3v) is 3.98. The van der Waals surface area contributed by atoms with Gasteiger partial charge in [-0.2, -0.15) is 0 Å². The number of amides is 1. The molecule has 0 unspecified atom stereocenters. The second-order valence-corrected chi connectivity index (χ2v) is 7.57. The summed E-state index contributed by atoms with van der Waals surface area (Å²) in [4.78, 5) is 12.3. The molecule has 2 N–H and O–H groups in total. The van der Waals surface area contributed by atoms with Gasteiger partial charge < -0.3 is 15.1 Å². The Hall–Kier alpha value is -2.80. The first kappa shape index (κ1) is 16.1. The van der Waals surface area contributed by atoms with Crippen molar-refractivity contribution in [2.45, 2.75) is 0 Å². The van der Waals surface area contributed by atoms with E-state index in [0.717, 1.165) is 11.6 Å².